The van der Waals surface area contributed by atoms with Crippen LogP contribution in [0.25, 0.3) is 0 Å². The Bertz CT molecular complexity index is 252. The molecule has 2 amide bonds. The number of rotatable bonds is 7. The third kappa shape index (κ3) is 5.11. The second kappa shape index (κ2) is 6.48. The molecule has 0 bridgehead atoms. The van der Waals surface area contributed by atoms with Gasteiger partial charge in [0.05, 0.1) is 11.5 Å². The van der Waals surface area contributed by atoms with E-state index in [1.165, 1.54) is 0 Å². The lowest BCUT2D eigenvalue weighted by molar-refractivity contribution is -0.127. The van der Waals surface area contributed by atoms with Crippen molar-refractivity contribution in [3.8, 4) is 0 Å². The molecule has 0 aliphatic heterocycles. The summed E-state index contributed by atoms with van der Waals surface area (Å²) in [5.74, 6) is -0.655. The van der Waals surface area contributed by atoms with Gasteiger partial charge in [0.1, 0.15) is 0 Å². The molecule has 5 nitrogen and oxygen atoms in total. The first-order chi connectivity index (χ1) is 7.31. The molecule has 0 saturated carbocycles. The van der Waals surface area contributed by atoms with E-state index < -0.39 is 17.4 Å². The largest absolute Gasteiger partial charge is 0.369 e. The van der Waals surface area contributed by atoms with Gasteiger partial charge in [-0.1, -0.05) is 19.8 Å². The Labute approximate surface area is 96.9 Å². The number of carbonyl (C=O) groups is 2. The van der Waals surface area contributed by atoms with Gasteiger partial charge < -0.3 is 16.8 Å². The molecule has 0 aromatic rings. The summed E-state index contributed by atoms with van der Waals surface area (Å²) in [5.41, 5.74) is 10.1. The summed E-state index contributed by atoms with van der Waals surface area (Å²) < 4.78 is 0. The number of nitrogens with one attached hydrogen (secondary N) is 1. The number of amides is 2. The second-order valence-electron chi connectivity index (χ2n) is 4.71. The summed E-state index contributed by atoms with van der Waals surface area (Å²) in [7, 11) is 0. The Morgan fingerprint density at radius 2 is 1.94 bits per heavy atom. The molecule has 0 aromatic carbocycles. The molecule has 0 saturated heterocycles. The minimum Gasteiger partial charge on any atom is -0.369 e. The average Bonchev–Trinajstić information content (AvgIpc) is 2.22. The van der Waals surface area contributed by atoms with Gasteiger partial charge in [0, 0.05) is 6.54 Å². The third-order valence-corrected chi connectivity index (χ3v) is 2.58. The zero-order valence-electron chi connectivity index (χ0n) is 10.4. The first kappa shape index (κ1) is 14.9. The van der Waals surface area contributed by atoms with Gasteiger partial charge >= 0.3 is 0 Å². The fourth-order valence-electron chi connectivity index (χ4n) is 1.08. The van der Waals surface area contributed by atoms with Gasteiger partial charge in [-0.3, -0.25) is 9.59 Å². The Morgan fingerprint density at radius 3 is 2.38 bits per heavy atom. The van der Waals surface area contributed by atoms with Crippen molar-refractivity contribution in [2.75, 3.05) is 6.54 Å². The Kier molecular flexibility index (Phi) is 6.03. The van der Waals surface area contributed by atoms with Crippen molar-refractivity contribution in [2.24, 2.45) is 16.9 Å². The zero-order chi connectivity index (χ0) is 12.8. The quantitative estimate of drug-likeness (QED) is 0.578. The number of unbranched alkanes of at least 4 members (excludes halogenated alkanes) is 1. The fourth-order valence-corrected chi connectivity index (χ4v) is 1.08. The molecule has 0 aromatic heterocycles. The lowest BCUT2D eigenvalue weighted by Gasteiger charge is -2.22. The minimum absolute atomic E-state index is 0.220. The third-order valence-electron chi connectivity index (χ3n) is 2.58. The Morgan fingerprint density at radius 1 is 1.38 bits per heavy atom. The van der Waals surface area contributed by atoms with E-state index in [4.69, 9.17) is 11.5 Å². The lowest BCUT2D eigenvalue weighted by Crippen LogP contribution is -2.47. The highest BCUT2D eigenvalue weighted by Crippen LogP contribution is 2.11. The summed E-state index contributed by atoms with van der Waals surface area (Å²) >= 11 is 0. The van der Waals surface area contributed by atoms with Crippen LogP contribution in [0.3, 0.4) is 0 Å². The van der Waals surface area contributed by atoms with E-state index in [0.717, 1.165) is 12.8 Å². The van der Waals surface area contributed by atoms with Crippen LogP contribution in [0.2, 0.25) is 0 Å². The number of carbonyl (C=O) groups excluding carboxylic acids is 2. The fraction of sp³-hybridized carbons (Fsp3) is 0.818. The van der Waals surface area contributed by atoms with Gasteiger partial charge in [-0.2, -0.15) is 0 Å². The monoisotopic (exact) mass is 229 g/mol. The molecule has 94 valence electrons. The molecule has 5 heteroatoms. The number of nitrogens with two attached hydrogens (primary N) is 2. The predicted octanol–water partition coefficient (Wildman–Crippen LogP) is 0.132. The first-order valence-corrected chi connectivity index (χ1v) is 5.64. The van der Waals surface area contributed by atoms with Crippen LogP contribution in [-0.4, -0.2) is 24.4 Å². The summed E-state index contributed by atoms with van der Waals surface area (Å²) in [6.45, 7) is 5.64. The van der Waals surface area contributed by atoms with Crippen molar-refractivity contribution in [1.82, 2.24) is 5.32 Å². The summed E-state index contributed by atoms with van der Waals surface area (Å²) in [6.07, 6.45) is 2.60. The van der Waals surface area contributed by atoms with E-state index in [9.17, 15) is 9.59 Å². The van der Waals surface area contributed by atoms with Crippen molar-refractivity contribution < 1.29 is 9.59 Å². The summed E-state index contributed by atoms with van der Waals surface area (Å²) in [6, 6.07) is -0.497. The second-order valence-corrected chi connectivity index (χ2v) is 4.71. The van der Waals surface area contributed by atoms with Gasteiger partial charge in [-0.15, -0.1) is 0 Å². The zero-order valence-corrected chi connectivity index (χ0v) is 10.4. The lowest BCUT2D eigenvalue weighted by atomic mass is 9.92. The molecule has 0 aliphatic carbocycles. The van der Waals surface area contributed by atoms with Gasteiger partial charge in [0.25, 0.3) is 0 Å². The highest BCUT2D eigenvalue weighted by molar-refractivity contribution is 5.84. The Hall–Kier alpha value is -1.10. The molecular formula is C11H23N3O2. The van der Waals surface area contributed by atoms with E-state index in [0.29, 0.717) is 6.42 Å². The maximum Gasteiger partial charge on any atom is 0.236 e. The van der Waals surface area contributed by atoms with E-state index in [1.807, 2.05) is 6.92 Å². The topological polar surface area (TPSA) is 98.2 Å². The molecule has 0 radical (unpaired) electrons. The standard InChI is InChI=1S/C11H23N3O2/c1-4-5-6-8(12)9(15)14-7-11(2,3)10(13)16/h8H,4-7,12H2,1-3H3,(H2,13,16)(H,14,15). The van der Waals surface area contributed by atoms with E-state index in [2.05, 4.69) is 5.32 Å². The average molecular weight is 229 g/mol. The molecule has 1 unspecified atom stereocenters. The van der Waals surface area contributed by atoms with Gasteiger partial charge in [-0.05, 0) is 20.3 Å². The molecule has 0 rings (SSSR count). The number of primary amides is 1. The summed E-state index contributed by atoms with van der Waals surface area (Å²) in [5, 5.41) is 2.65. The maximum absolute atomic E-state index is 11.5. The van der Waals surface area contributed by atoms with Crippen LogP contribution in [0.15, 0.2) is 0 Å². The van der Waals surface area contributed by atoms with Gasteiger partial charge in [0.2, 0.25) is 11.8 Å². The van der Waals surface area contributed by atoms with Crippen LogP contribution in [0.5, 0.6) is 0 Å². The van der Waals surface area contributed by atoms with Crippen molar-refractivity contribution in [3.05, 3.63) is 0 Å². The number of hydrogen-bond donors (Lipinski definition) is 3. The molecule has 1 atom stereocenters. The van der Waals surface area contributed by atoms with Crippen molar-refractivity contribution in [1.29, 1.82) is 0 Å². The van der Waals surface area contributed by atoms with Crippen LogP contribution in [0.4, 0.5) is 0 Å². The van der Waals surface area contributed by atoms with Crippen molar-refractivity contribution in [3.63, 3.8) is 0 Å². The maximum atomic E-state index is 11.5. The van der Waals surface area contributed by atoms with E-state index >= 15 is 0 Å². The molecule has 16 heavy (non-hydrogen) atoms. The van der Waals surface area contributed by atoms with Crippen LogP contribution >= 0.6 is 0 Å². The molecular weight excluding hydrogens is 206 g/mol. The van der Waals surface area contributed by atoms with Gasteiger partial charge in [-0.25, -0.2) is 0 Å². The van der Waals surface area contributed by atoms with Crippen LogP contribution < -0.4 is 16.8 Å². The molecule has 0 heterocycles. The van der Waals surface area contributed by atoms with Crippen LogP contribution in [0, 0.1) is 5.41 Å². The molecule has 0 aliphatic rings. The van der Waals surface area contributed by atoms with E-state index in [1.54, 1.807) is 13.8 Å². The van der Waals surface area contributed by atoms with E-state index in [-0.39, 0.29) is 12.5 Å². The smallest absolute Gasteiger partial charge is 0.236 e. The molecule has 0 fully saturated rings. The summed E-state index contributed by atoms with van der Waals surface area (Å²) in [4.78, 5) is 22.5. The minimum atomic E-state index is -0.736. The van der Waals surface area contributed by atoms with Crippen LogP contribution in [-0.2, 0) is 9.59 Å². The normalized spacial score (nSPS) is 13.2. The number of hydrogen-bond acceptors (Lipinski definition) is 3. The van der Waals surface area contributed by atoms with Crippen molar-refractivity contribution in [2.45, 2.75) is 46.1 Å². The Balaban J connectivity index is 4.02. The molecule has 0 spiro atoms. The van der Waals surface area contributed by atoms with Crippen molar-refractivity contribution >= 4 is 11.8 Å². The van der Waals surface area contributed by atoms with Gasteiger partial charge in [0.15, 0.2) is 0 Å². The highest BCUT2D eigenvalue weighted by atomic mass is 16.2. The highest BCUT2D eigenvalue weighted by Gasteiger charge is 2.26. The SMILES string of the molecule is CCCCC(N)C(=O)NCC(C)(C)C(N)=O. The molecule has 5 N–H and O–H groups in total. The first-order valence-electron chi connectivity index (χ1n) is 5.64. The van der Waals surface area contributed by atoms with Crippen LogP contribution in [0.1, 0.15) is 40.0 Å². The predicted molar refractivity (Wildman–Crippen MR) is 63.5 cm³/mol.